The van der Waals surface area contributed by atoms with Gasteiger partial charge < -0.3 is 25.2 Å². The Bertz CT molecular complexity index is 805. The third kappa shape index (κ3) is 2.46. The number of carbonyl (C=O) groups excluding carboxylic acids is 2. The van der Waals surface area contributed by atoms with Gasteiger partial charge in [0.2, 0.25) is 0 Å². The predicted molar refractivity (Wildman–Crippen MR) is 107 cm³/mol. The van der Waals surface area contributed by atoms with Gasteiger partial charge in [0, 0.05) is 24.7 Å². The standard InChI is InChI=1S/C23H34O7/c1-12(24)16-6-8-23(29)21(16,4)19(30-13(2)25)11-17-20(3)14(5-7-22(17,23)28)9-15(26)10-18(20)27/h5,12,15-17,19,24,26,28-29H,6-11H2,1-4H3/t12?,15-,16-,17-,19-,20+,21+,22+,23-/m1/s1. The van der Waals surface area contributed by atoms with Gasteiger partial charge in [-0.2, -0.15) is 0 Å². The van der Waals surface area contributed by atoms with E-state index in [0.29, 0.717) is 12.8 Å². The van der Waals surface area contributed by atoms with E-state index in [4.69, 9.17) is 4.74 Å². The molecular formula is C23H34O7. The van der Waals surface area contributed by atoms with Gasteiger partial charge in [-0.25, -0.2) is 0 Å². The first-order chi connectivity index (χ1) is 13.8. The summed E-state index contributed by atoms with van der Waals surface area (Å²) in [5, 5.41) is 44.8. The Hall–Kier alpha value is -1.28. The molecule has 7 heteroatoms. The van der Waals surface area contributed by atoms with E-state index < -0.39 is 52.2 Å². The molecular weight excluding hydrogens is 388 g/mol. The van der Waals surface area contributed by atoms with Gasteiger partial charge in [0.25, 0.3) is 0 Å². The number of Topliss-reactive ketones (excluding diaryl/α,β-unsaturated/α-hetero) is 1. The number of carbonyl (C=O) groups is 2. The lowest BCUT2D eigenvalue weighted by atomic mass is 9.42. The monoisotopic (exact) mass is 422 g/mol. The van der Waals surface area contributed by atoms with Crippen LogP contribution in [0.4, 0.5) is 0 Å². The number of ketones is 1. The summed E-state index contributed by atoms with van der Waals surface area (Å²) in [5.74, 6) is -1.67. The molecule has 1 unspecified atom stereocenters. The average Bonchev–Trinajstić information content (AvgIpc) is 2.92. The zero-order valence-corrected chi connectivity index (χ0v) is 18.2. The molecule has 0 bridgehead atoms. The van der Waals surface area contributed by atoms with Crippen molar-refractivity contribution in [1.29, 1.82) is 0 Å². The number of aliphatic hydroxyl groups excluding tert-OH is 2. The van der Waals surface area contributed by atoms with Crippen LogP contribution in [0.1, 0.15) is 66.2 Å². The van der Waals surface area contributed by atoms with E-state index in [2.05, 4.69) is 0 Å². The molecule has 4 N–H and O–H groups in total. The van der Waals surface area contributed by atoms with Crippen LogP contribution in [0.5, 0.6) is 0 Å². The average molecular weight is 423 g/mol. The maximum atomic E-state index is 13.2. The maximum Gasteiger partial charge on any atom is 0.302 e. The van der Waals surface area contributed by atoms with Gasteiger partial charge in [0.1, 0.15) is 23.1 Å². The lowest BCUT2D eigenvalue weighted by Crippen LogP contribution is -2.76. The van der Waals surface area contributed by atoms with E-state index in [-0.39, 0.29) is 37.4 Å². The Morgan fingerprint density at radius 2 is 1.93 bits per heavy atom. The summed E-state index contributed by atoms with van der Waals surface area (Å²) in [6.07, 6.45) is 1.05. The summed E-state index contributed by atoms with van der Waals surface area (Å²) < 4.78 is 5.73. The third-order valence-corrected chi connectivity index (χ3v) is 9.26. The summed E-state index contributed by atoms with van der Waals surface area (Å²) in [6, 6.07) is 0. The Labute approximate surface area is 177 Å². The van der Waals surface area contributed by atoms with Crippen molar-refractivity contribution >= 4 is 11.8 Å². The first-order valence-corrected chi connectivity index (χ1v) is 11.0. The van der Waals surface area contributed by atoms with Crippen molar-refractivity contribution in [2.24, 2.45) is 22.7 Å². The summed E-state index contributed by atoms with van der Waals surface area (Å²) in [6.45, 7) is 6.56. The smallest absolute Gasteiger partial charge is 0.302 e. The molecule has 0 aromatic carbocycles. The van der Waals surface area contributed by atoms with Crippen LogP contribution in [-0.2, 0) is 14.3 Å². The molecule has 3 fully saturated rings. The second kappa shape index (κ2) is 6.61. The lowest BCUT2D eigenvalue weighted by Gasteiger charge is -2.66. The highest BCUT2D eigenvalue weighted by Gasteiger charge is 2.77. The van der Waals surface area contributed by atoms with Crippen LogP contribution < -0.4 is 0 Å². The number of ether oxygens (including phenoxy) is 1. The van der Waals surface area contributed by atoms with Crippen LogP contribution in [0, 0.1) is 22.7 Å². The number of rotatable bonds is 2. The van der Waals surface area contributed by atoms with Gasteiger partial charge in [-0.3, -0.25) is 9.59 Å². The molecule has 4 aliphatic rings. The molecule has 0 heterocycles. The van der Waals surface area contributed by atoms with Crippen LogP contribution >= 0.6 is 0 Å². The topological polar surface area (TPSA) is 124 Å². The van der Waals surface area contributed by atoms with E-state index in [0.717, 1.165) is 5.57 Å². The SMILES string of the molecule is CC(=O)O[C@@H]1C[C@@H]2[C@@]3(C)C(=O)C[C@H](O)CC3=CC[C@@]2(O)[C@@]2(O)CC[C@H](C(C)O)[C@@]12C. The molecule has 0 radical (unpaired) electrons. The van der Waals surface area contributed by atoms with Gasteiger partial charge in [-0.05, 0) is 51.9 Å². The molecule has 3 saturated carbocycles. The molecule has 0 aromatic rings. The first kappa shape index (κ1) is 21.9. The minimum Gasteiger partial charge on any atom is -0.462 e. The fourth-order valence-electron chi connectivity index (χ4n) is 7.64. The molecule has 30 heavy (non-hydrogen) atoms. The van der Waals surface area contributed by atoms with E-state index in [1.165, 1.54) is 6.92 Å². The van der Waals surface area contributed by atoms with Crippen LogP contribution in [0.3, 0.4) is 0 Å². The Kier molecular flexibility index (Phi) is 4.83. The maximum absolute atomic E-state index is 13.2. The predicted octanol–water partition coefficient (Wildman–Crippen LogP) is 1.26. The highest BCUT2D eigenvalue weighted by molar-refractivity contribution is 5.90. The summed E-state index contributed by atoms with van der Waals surface area (Å²) in [5.41, 5.74) is -4.54. The number of fused-ring (bicyclic) bond motifs is 5. The van der Waals surface area contributed by atoms with Gasteiger partial charge >= 0.3 is 5.97 Å². The van der Waals surface area contributed by atoms with Crippen LogP contribution in [-0.4, -0.2) is 61.7 Å². The van der Waals surface area contributed by atoms with Crippen molar-refractivity contribution in [3.63, 3.8) is 0 Å². The Morgan fingerprint density at radius 3 is 2.53 bits per heavy atom. The van der Waals surface area contributed by atoms with E-state index >= 15 is 0 Å². The molecule has 7 nitrogen and oxygen atoms in total. The Balaban J connectivity index is 1.90. The van der Waals surface area contributed by atoms with Crippen molar-refractivity contribution in [2.75, 3.05) is 0 Å². The number of hydrogen-bond acceptors (Lipinski definition) is 7. The third-order valence-electron chi connectivity index (χ3n) is 9.26. The fraction of sp³-hybridized carbons (Fsp3) is 0.826. The first-order valence-electron chi connectivity index (χ1n) is 11.0. The summed E-state index contributed by atoms with van der Waals surface area (Å²) in [4.78, 5) is 25.2. The largest absolute Gasteiger partial charge is 0.462 e. The van der Waals surface area contributed by atoms with Crippen molar-refractivity contribution in [3.8, 4) is 0 Å². The zero-order valence-electron chi connectivity index (χ0n) is 18.2. The van der Waals surface area contributed by atoms with Crippen molar-refractivity contribution < 1.29 is 34.8 Å². The van der Waals surface area contributed by atoms with Crippen LogP contribution in [0.15, 0.2) is 11.6 Å². The minimum atomic E-state index is -1.63. The number of esters is 1. The molecule has 0 aromatic heterocycles. The molecule has 0 amide bonds. The van der Waals surface area contributed by atoms with E-state index in [1.807, 2.05) is 6.08 Å². The second-order valence-electron chi connectivity index (χ2n) is 10.5. The van der Waals surface area contributed by atoms with Gasteiger partial charge in [-0.15, -0.1) is 0 Å². The summed E-state index contributed by atoms with van der Waals surface area (Å²) >= 11 is 0. The van der Waals surface area contributed by atoms with Gasteiger partial charge in [0.05, 0.1) is 17.6 Å². The zero-order chi connectivity index (χ0) is 22.3. The molecule has 168 valence electrons. The fourth-order valence-corrected chi connectivity index (χ4v) is 7.64. The highest BCUT2D eigenvalue weighted by Crippen LogP contribution is 2.69. The second-order valence-corrected chi connectivity index (χ2v) is 10.5. The molecule has 0 aliphatic heterocycles. The van der Waals surface area contributed by atoms with Crippen molar-refractivity contribution in [2.45, 2.75) is 95.7 Å². The highest BCUT2D eigenvalue weighted by atomic mass is 16.5. The minimum absolute atomic E-state index is 0.00461. The van der Waals surface area contributed by atoms with Gasteiger partial charge in [-0.1, -0.05) is 18.6 Å². The normalized spacial score (nSPS) is 51.3. The summed E-state index contributed by atoms with van der Waals surface area (Å²) in [7, 11) is 0. The van der Waals surface area contributed by atoms with Crippen molar-refractivity contribution in [1.82, 2.24) is 0 Å². The molecule has 4 aliphatic carbocycles. The quantitative estimate of drug-likeness (QED) is 0.390. The van der Waals surface area contributed by atoms with E-state index in [9.17, 15) is 30.0 Å². The Morgan fingerprint density at radius 1 is 1.27 bits per heavy atom. The number of hydrogen-bond donors (Lipinski definition) is 4. The van der Waals surface area contributed by atoms with Crippen LogP contribution in [0.25, 0.3) is 0 Å². The van der Waals surface area contributed by atoms with Crippen LogP contribution in [0.2, 0.25) is 0 Å². The van der Waals surface area contributed by atoms with E-state index in [1.54, 1.807) is 20.8 Å². The molecule has 0 saturated heterocycles. The number of aliphatic hydroxyl groups is 4. The molecule has 0 spiro atoms. The lowest BCUT2D eigenvalue weighted by molar-refractivity contribution is -0.301. The van der Waals surface area contributed by atoms with Gasteiger partial charge in [0.15, 0.2) is 0 Å². The molecule has 4 rings (SSSR count). The molecule has 9 atom stereocenters. The van der Waals surface area contributed by atoms with Crippen molar-refractivity contribution in [3.05, 3.63) is 11.6 Å².